The first-order valence-corrected chi connectivity index (χ1v) is 4.46. The van der Waals surface area contributed by atoms with Crippen LogP contribution >= 0.6 is 0 Å². The zero-order valence-corrected chi connectivity index (χ0v) is 7.39. The molecule has 0 aromatic rings. The lowest BCUT2D eigenvalue weighted by molar-refractivity contribution is -0.117. The van der Waals surface area contributed by atoms with Gasteiger partial charge in [0.1, 0.15) is 0 Å². The van der Waals surface area contributed by atoms with Crippen LogP contribution in [0.15, 0.2) is 11.6 Å². The Hall–Kier alpha value is -0.590. The number of carbonyl (C=O) groups excluding carboxylic acids is 1. The summed E-state index contributed by atoms with van der Waals surface area (Å²) < 4.78 is 0. The zero-order valence-electron chi connectivity index (χ0n) is 7.39. The Kier molecular flexibility index (Phi) is 2.86. The molecular weight excluding hydrogens is 136 g/mol. The maximum atomic E-state index is 11.3. The van der Waals surface area contributed by atoms with Crippen LogP contribution < -0.4 is 0 Å². The SMILES string of the molecule is CC/C=C1\CCC(C)CC1=O. The van der Waals surface area contributed by atoms with Gasteiger partial charge >= 0.3 is 0 Å². The van der Waals surface area contributed by atoms with Crippen LogP contribution in [-0.4, -0.2) is 5.78 Å². The summed E-state index contributed by atoms with van der Waals surface area (Å²) >= 11 is 0. The number of hydrogen-bond donors (Lipinski definition) is 0. The van der Waals surface area contributed by atoms with Crippen LogP contribution in [0.25, 0.3) is 0 Å². The van der Waals surface area contributed by atoms with Crippen LogP contribution in [0.1, 0.15) is 39.5 Å². The molecule has 0 spiro atoms. The Morgan fingerprint density at radius 3 is 2.91 bits per heavy atom. The number of hydrogen-bond acceptors (Lipinski definition) is 1. The molecule has 1 nitrogen and oxygen atoms in total. The van der Waals surface area contributed by atoms with Gasteiger partial charge in [0, 0.05) is 6.42 Å². The summed E-state index contributed by atoms with van der Waals surface area (Å²) in [4.78, 5) is 11.3. The summed E-state index contributed by atoms with van der Waals surface area (Å²) in [6, 6.07) is 0. The lowest BCUT2D eigenvalue weighted by Crippen LogP contribution is -2.15. The molecule has 0 N–H and O–H groups in total. The number of ketones is 1. The van der Waals surface area contributed by atoms with Crippen molar-refractivity contribution in [3.63, 3.8) is 0 Å². The lowest BCUT2D eigenvalue weighted by atomic mass is 9.86. The second-order valence-electron chi connectivity index (χ2n) is 3.41. The summed E-state index contributed by atoms with van der Waals surface area (Å²) in [6.07, 6.45) is 6.04. The number of allylic oxidation sites excluding steroid dienone is 2. The fourth-order valence-electron chi connectivity index (χ4n) is 1.55. The van der Waals surface area contributed by atoms with E-state index in [0.717, 1.165) is 24.8 Å². The van der Waals surface area contributed by atoms with Crippen LogP contribution in [0.3, 0.4) is 0 Å². The first kappa shape index (κ1) is 8.51. The minimum atomic E-state index is 0.380. The number of Topliss-reactive ketones (excluding diaryl/α,β-unsaturated/α-hetero) is 1. The van der Waals surface area contributed by atoms with Crippen LogP contribution in [0.2, 0.25) is 0 Å². The van der Waals surface area contributed by atoms with E-state index in [-0.39, 0.29) is 0 Å². The predicted molar refractivity (Wildman–Crippen MR) is 46.4 cm³/mol. The Labute approximate surface area is 68.5 Å². The molecule has 0 heterocycles. The third-order valence-corrected chi connectivity index (χ3v) is 2.25. The molecule has 1 saturated carbocycles. The maximum Gasteiger partial charge on any atom is 0.158 e. The monoisotopic (exact) mass is 152 g/mol. The van der Waals surface area contributed by atoms with Gasteiger partial charge in [-0.1, -0.05) is 19.9 Å². The van der Waals surface area contributed by atoms with E-state index in [0.29, 0.717) is 11.7 Å². The largest absolute Gasteiger partial charge is 0.295 e. The van der Waals surface area contributed by atoms with Gasteiger partial charge < -0.3 is 0 Å². The van der Waals surface area contributed by atoms with E-state index < -0.39 is 0 Å². The topological polar surface area (TPSA) is 17.1 Å². The third-order valence-electron chi connectivity index (χ3n) is 2.25. The highest BCUT2D eigenvalue weighted by atomic mass is 16.1. The van der Waals surface area contributed by atoms with Crippen molar-refractivity contribution in [2.45, 2.75) is 39.5 Å². The molecule has 1 fully saturated rings. The normalized spacial score (nSPS) is 29.5. The van der Waals surface area contributed by atoms with Gasteiger partial charge in [-0.2, -0.15) is 0 Å². The minimum absolute atomic E-state index is 0.380. The predicted octanol–water partition coefficient (Wildman–Crippen LogP) is 2.71. The first-order valence-electron chi connectivity index (χ1n) is 4.46. The lowest BCUT2D eigenvalue weighted by Gasteiger charge is -2.18. The molecule has 0 aromatic heterocycles. The van der Waals surface area contributed by atoms with E-state index in [9.17, 15) is 4.79 Å². The smallest absolute Gasteiger partial charge is 0.158 e. The van der Waals surface area contributed by atoms with Crippen molar-refractivity contribution in [3.8, 4) is 0 Å². The van der Waals surface area contributed by atoms with Crippen molar-refractivity contribution in [1.29, 1.82) is 0 Å². The van der Waals surface area contributed by atoms with Crippen LogP contribution in [0.4, 0.5) is 0 Å². The summed E-state index contributed by atoms with van der Waals surface area (Å²) in [5.41, 5.74) is 1.07. The summed E-state index contributed by atoms with van der Waals surface area (Å²) in [5, 5.41) is 0. The van der Waals surface area contributed by atoms with Gasteiger partial charge in [0.15, 0.2) is 5.78 Å². The van der Waals surface area contributed by atoms with E-state index in [1.807, 2.05) is 0 Å². The van der Waals surface area contributed by atoms with Gasteiger partial charge in [0.05, 0.1) is 0 Å². The highest BCUT2D eigenvalue weighted by molar-refractivity contribution is 5.96. The summed E-state index contributed by atoms with van der Waals surface area (Å²) in [6.45, 7) is 4.24. The molecule has 0 radical (unpaired) electrons. The van der Waals surface area contributed by atoms with Gasteiger partial charge in [0.25, 0.3) is 0 Å². The fourth-order valence-corrected chi connectivity index (χ4v) is 1.55. The average Bonchev–Trinajstić information content (AvgIpc) is 1.95. The molecule has 1 aliphatic rings. The standard InChI is InChI=1S/C10H16O/c1-3-4-9-6-5-8(2)7-10(9)11/h4,8H,3,5-7H2,1-2H3/b9-4+. The molecule has 0 saturated heterocycles. The second-order valence-corrected chi connectivity index (χ2v) is 3.41. The molecule has 1 aliphatic carbocycles. The van der Waals surface area contributed by atoms with E-state index in [1.54, 1.807) is 0 Å². The summed E-state index contributed by atoms with van der Waals surface area (Å²) in [5.74, 6) is 0.988. The Bertz CT molecular complexity index is 179. The third kappa shape index (κ3) is 2.18. The Balaban J connectivity index is 2.58. The highest BCUT2D eigenvalue weighted by Gasteiger charge is 2.19. The fraction of sp³-hybridized carbons (Fsp3) is 0.700. The molecular formula is C10H16O. The van der Waals surface area contributed by atoms with E-state index >= 15 is 0 Å². The van der Waals surface area contributed by atoms with Crippen molar-refractivity contribution >= 4 is 5.78 Å². The zero-order chi connectivity index (χ0) is 8.27. The molecule has 1 heteroatoms. The van der Waals surface area contributed by atoms with E-state index in [4.69, 9.17) is 0 Å². The number of rotatable bonds is 1. The van der Waals surface area contributed by atoms with Crippen molar-refractivity contribution in [2.75, 3.05) is 0 Å². The molecule has 11 heavy (non-hydrogen) atoms. The van der Waals surface area contributed by atoms with Crippen molar-refractivity contribution in [1.82, 2.24) is 0 Å². The van der Waals surface area contributed by atoms with Crippen LogP contribution in [-0.2, 0) is 4.79 Å². The maximum absolute atomic E-state index is 11.3. The van der Waals surface area contributed by atoms with E-state index in [2.05, 4.69) is 19.9 Å². The molecule has 1 unspecified atom stereocenters. The average molecular weight is 152 g/mol. The van der Waals surface area contributed by atoms with Gasteiger partial charge in [-0.25, -0.2) is 0 Å². The van der Waals surface area contributed by atoms with Gasteiger partial charge in [0.2, 0.25) is 0 Å². The van der Waals surface area contributed by atoms with Crippen molar-refractivity contribution in [3.05, 3.63) is 11.6 Å². The molecule has 1 atom stereocenters. The minimum Gasteiger partial charge on any atom is -0.295 e. The van der Waals surface area contributed by atoms with Crippen LogP contribution in [0.5, 0.6) is 0 Å². The quantitative estimate of drug-likeness (QED) is 0.528. The molecule has 0 aliphatic heterocycles. The molecule has 0 amide bonds. The van der Waals surface area contributed by atoms with Crippen molar-refractivity contribution < 1.29 is 4.79 Å². The molecule has 62 valence electrons. The Morgan fingerprint density at radius 2 is 2.36 bits per heavy atom. The van der Waals surface area contributed by atoms with Crippen LogP contribution in [0, 0.1) is 5.92 Å². The molecule has 0 bridgehead atoms. The van der Waals surface area contributed by atoms with E-state index in [1.165, 1.54) is 6.42 Å². The van der Waals surface area contributed by atoms with Crippen molar-refractivity contribution in [2.24, 2.45) is 5.92 Å². The van der Waals surface area contributed by atoms with Gasteiger partial charge in [-0.05, 0) is 30.8 Å². The second kappa shape index (κ2) is 3.70. The summed E-state index contributed by atoms with van der Waals surface area (Å²) in [7, 11) is 0. The van der Waals surface area contributed by atoms with Gasteiger partial charge in [-0.3, -0.25) is 4.79 Å². The van der Waals surface area contributed by atoms with Gasteiger partial charge in [-0.15, -0.1) is 0 Å². The highest BCUT2D eigenvalue weighted by Crippen LogP contribution is 2.24. The molecule has 1 rings (SSSR count). The first-order chi connectivity index (χ1) is 5.24. The number of carbonyl (C=O) groups is 1. The molecule has 0 aromatic carbocycles. The Morgan fingerprint density at radius 1 is 1.64 bits per heavy atom.